The van der Waals surface area contributed by atoms with Gasteiger partial charge in [-0.2, -0.15) is 0 Å². The van der Waals surface area contributed by atoms with Gasteiger partial charge in [0, 0.05) is 0 Å². The molecule has 0 radical (unpaired) electrons. The third kappa shape index (κ3) is 1.04. The first-order chi connectivity index (χ1) is 4.20. The average Bonchev–Trinajstić information content (AvgIpc) is 1.80. The number of ketones is 1. The Balaban J connectivity index is 2.77. The smallest absolute Gasteiger partial charge is 0.296 e. The largest absolute Gasteiger partial charge is 0.370 e. The Kier molecular flexibility index (Phi) is 1.18. The van der Waals surface area contributed by atoms with Crippen LogP contribution in [0.4, 0.5) is 0 Å². The lowest BCUT2D eigenvalue weighted by Gasteiger charge is -2.06. The Morgan fingerprint density at radius 1 is 1.56 bits per heavy atom. The van der Waals surface area contributed by atoms with Crippen LogP contribution in [0.5, 0.6) is 0 Å². The van der Waals surface area contributed by atoms with Crippen LogP contribution in [0, 0.1) is 0 Å². The van der Waals surface area contributed by atoms with E-state index in [0.717, 1.165) is 0 Å². The standard InChI is InChI=1S/C4H5N3O2/c5-4-6-1-2(8)3(9)7-4/h1H2,(H3,5,6,7,9). The molecule has 0 saturated heterocycles. The van der Waals surface area contributed by atoms with Gasteiger partial charge in [-0.05, 0) is 0 Å². The van der Waals surface area contributed by atoms with Crippen LogP contribution in [0.3, 0.4) is 0 Å². The van der Waals surface area contributed by atoms with E-state index in [1.54, 1.807) is 0 Å². The summed E-state index contributed by atoms with van der Waals surface area (Å²) in [5, 5.41) is 2.07. The molecule has 48 valence electrons. The number of nitrogens with two attached hydrogens (primary N) is 1. The highest BCUT2D eigenvalue weighted by Gasteiger charge is 2.17. The van der Waals surface area contributed by atoms with Crippen molar-refractivity contribution in [3.8, 4) is 0 Å². The number of rotatable bonds is 0. The van der Waals surface area contributed by atoms with Gasteiger partial charge in [0.05, 0.1) is 0 Å². The molecule has 0 unspecified atom stereocenters. The van der Waals surface area contributed by atoms with Crippen LogP contribution in [0.1, 0.15) is 0 Å². The minimum absolute atomic E-state index is 0.0135. The summed E-state index contributed by atoms with van der Waals surface area (Å²) in [6, 6.07) is 0. The fourth-order valence-corrected chi connectivity index (χ4v) is 0.454. The number of carbonyl (C=O) groups excluding carboxylic acids is 2. The summed E-state index contributed by atoms with van der Waals surface area (Å²) < 4.78 is 0. The maximum Gasteiger partial charge on any atom is 0.296 e. The maximum absolute atomic E-state index is 10.4. The quantitative estimate of drug-likeness (QED) is 0.369. The molecule has 0 aromatic heterocycles. The van der Waals surface area contributed by atoms with Gasteiger partial charge in [0.25, 0.3) is 5.91 Å². The minimum Gasteiger partial charge on any atom is -0.370 e. The van der Waals surface area contributed by atoms with E-state index in [1.165, 1.54) is 0 Å². The highest BCUT2D eigenvalue weighted by molar-refractivity contribution is 6.41. The lowest BCUT2D eigenvalue weighted by atomic mass is 10.3. The Hall–Kier alpha value is -1.39. The first kappa shape index (κ1) is 5.74. The number of hydrogen-bond donors (Lipinski definition) is 2. The van der Waals surface area contributed by atoms with Gasteiger partial charge in [-0.3, -0.25) is 14.9 Å². The summed E-state index contributed by atoms with van der Waals surface area (Å²) in [4.78, 5) is 24.2. The topological polar surface area (TPSA) is 84.5 Å². The molecule has 1 rings (SSSR count). The highest BCUT2D eigenvalue weighted by Crippen LogP contribution is 1.82. The van der Waals surface area contributed by atoms with Crippen LogP contribution in [0.25, 0.3) is 0 Å². The molecule has 5 nitrogen and oxygen atoms in total. The molecule has 0 saturated carbocycles. The number of amides is 1. The molecule has 5 heteroatoms. The zero-order valence-corrected chi connectivity index (χ0v) is 4.55. The van der Waals surface area contributed by atoms with Crippen LogP contribution >= 0.6 is 0 Å². The molecule has 0 aromatic carbocycles. The minimum atomic E-state index is -0.678. The molecule has 1 heterocycles. The summed E-state index contributed by atoms with van der Waals surface area (Å²) in [5.74, 6) is -1.22. The van der Waals surface area contributed by atoms with Crippen molar-refractivity contribution in [3.63, 3.8) is 0 Å². The number of nitrogens with one attached hydrogen (secondary N) is 1. The van der Waals surface area contributed by atoms with E-state index in [4.69, 9.17) is 5.73 Å². The molecule has 0 fully saturated rings. The van der Waals surface area contributed by atoms with Crippen LogP contribution in [0.2, 0.25) is 0 Å². The number of Topliss-reactive ketones (excluding diaryl/α,β-unsaturated/α-hetero) is 1. The van der Waals surface area contributed by atoms with Crippen molar-refractivity contribution in [1.29, 1.82) is 0 Å². The van der Waals surface area contributed by atoms with E-state index in [9.17, 15) is 9.59 Å². The van der Waals surface area contributed by atoms with E-state index in [1.807, 2.05) is 0 Å². The van der Waals surface area contributed by atoms with Gasteiger partial charge in [0.15, 0.2) is 5.96 Å². The third-order valence-electron chi connectivity index (χ3n) is 0.888. The fourth-order valence-electron chi connectivity index (χ4n) is 0.454. The van der Waals surface area contributed by atoms with Crippen molar-refractivity contribution in [2.75, 3.05) is 6.54 Å². The number of hydrogen-bond acceptors (Lipinski definition) is 4. The number of guanidine groups is 1. The van der Waals surface area contributed by atoms with Crippen molar-refractivity contribution in [2.45, 2.75) is 0 Å². The maximum atomic E-state index is 10.4. The number of nitrogens with zero attached hydrogens (tertiary/aromatic N) is 1. The van der Waals surface area contributed by atoms with Crippen molar-refractivity contribution in [1.82, 2.24) is 5.32 Å². The molecule has 3 N–H and O–H groups in total. The van der Waals surface area contributed by atoms with Gasteiger partial charge in [0.1, 0.15) is 6.54 Å². The van der Waals surface area contributed by atoms with Gasteiger partial charge in [-0.25, -0.2) is 4.99 Å². The molecule has 9 heavy (non-hydrogen) atoms. The third-order valence-corrected chi connectivity index (χ3v) is 0.888. The van der Waals surface area contributed by atoms with Crippen LogP contribution in [0.15, 0.2) is 4.99 Å². The lowest BCUT2D eigenvalue weighted by molar-refractivity contribution is -0.136. The summed E-state index contributed by atoms with van der Waals surface area (Å²) >= 11 is 0. The molecule has 1 aliphatic rings. The second-order valence-corrected chi connectivity index (χ2v) is 1.58. The predicted octanol–water partition coefficient (Wildman–Crippen LogP) is -2.00. The molecular formula is C4H5N3O2. The molecule has 1 aliphatic heterocycles. The van der Waals surface area contributed by atoms with E-state index >= 15 is 0 Å². The first-order valence-electron chi connectivity index (χ1n) is 2.34. The zero-order chi connectivity index (χ0) is 6.85. The molecular weight excluding hydrogens is 122 g/mol. The van der Waals surface area contributed by atoms with Gasteiger partial charge in [0.2, 0.25) is 5.78 Å². The van der Waals surface area contributed by atoms with Crippen molar-refractivity contribution in [2.24, 2.45) is 10.7 Å². The van der Waals surface area contributed by atoms with Gasteiger partial charge in [-0.15, -0.1) is 0 Å². The number of carbonyl (C=O) groups is 2. The summed E-state index contributed by atoms with van der Waals surface area (Å²) in [7, 11) is 0. The molecule has 0 aromatic rings. The summed E-state index contributed by atoms with van der Waals surface area (Å²) in [6.07, 6.45) is 0. The Bertz CT molecular complexity index is 196. The van der Waals surface area contributed by atoms with E-state index in [2.05, 4.69) is 10.3 Å². The molecule has 0 aliphatic carbocycles. The molecule has 0 atom stereocenters. The Morgan fingerprint density at radius 2 is 2.22 bits per heavy atom. The van der Waals surface area contributed by atoms with E-state index in [0.29, 0.717) is 0 Å². The van der Waals surface area contributed by atoms with Gasteiger partial charge in [-0.1, -0.05) is 0 Å². The van der Waals surface area contributed by atoms with Crippen molar-refractivity contribution < 1.29 is 9.59 Å². The fraction of sp³-hybridized carbons (Fsp3) is 0.250. The van der Waals surface area contributed by atoms with Crippen molar-refractivity contribution in [3.05, 3.63) is 0 Å². The summed E-state index contributed by atoms with van der Waals surface area (Å²) in [6.45, 7) is -0.127. The molecule has 0 bridgehead atoms. The monoisotopic (exact) mass is 127 g/mol. The lowest BCUT2D eigenvalue weighted by Crippen LogP contribution is -2.45. The first-order valence-corrected chi connectivity index (χ1v) is 2.34. The number of aliphatic imine (C=N–C) groups is 1. The van der Waals surface area contributed by atoms with Gasteiger partial charge < -0.3 is 5.73 Å². The predicted molar refractivity (Wildman–Crippen MR) is 29.6 cm³/mol. The van der Waals surface area contributed by atoms with Crippen LogP contribution in [-0.4, -0.2) is 24.2 Å². The second kappa shape index (κ2) is 1.85. The second-order valence-electron chi connectivity index (χ2n) is 1.58. The zero-order valence-electron chi connectivity index (χ0n) is 4.55. The van der Waals surface area contributed by atoms with Crippen LogP contribution in [-0.2, 0) is 9.59 Å². The molecule has 0 spiro atoms. The van der Waals surface area contributed by atoms with E-state index < -0.39 is 11.7 Å². The average molecular weight is 127 g/mol. The normalized spacial score (nSPS) is 18.9. The molecule has 1 amide bonds. The summed E-state index contributed by atoms with van der Waals surface area (Å²) in [5.41, 5.74) is 5.05. The highest BCUT2D eigenvalue weighted by atomic mass is 16.2. The SMILES string of the molecule is NC1=NCC(=O)C(=O)N1. The Morgan fingerprint density at radius 3 is 2.67 bits per heavy atom. The Labute approximate surface area is 50.9 Å². The van der Waals surface area contributed by atoms with Gasteiger partial charge >= 0.3 is 0 Å². The van der Waals surface area contributed by atoms with Crippen LogP contribution < -0.4 is 11.1 Å². The van der Waals surface area contributed by atoms with E-state index in [-0.39, 0.29) is 12.5 Å². The van der Waals surface area contributed by atoms with Crippen molar-refractivity contribution >= 4 is 17.6 Å².